The van der Waals surface area contributed by atoms with E-state index < -0.39 is 0 Å². The lowest BCUT2D eigenvalue weighted by Gasteiger charge is -2.11. The molecule has 0 heterocycles. The SMILES string of the molecule is CC#Cc1ccc(COc2ccc(COc3ccc(C(=O)OCC(C)CC)cc3)cc2)cc1. The summed E-state index contributed by atoms with van der Waals surface area (Å²) in [7, 11) is 0. The summed E-state index contributed by atoms with van der Waals surface area (Å²) in [4.78, 5) is 12.1. The van der Waals surface area contributed by atoms with Crippen LogP contribution in [0, 0.1) is 17.8 Å². The Kier molecular flexibility index (Phi) is 8.97. The number of carbonyl (C=O) groups excluding carboxylic acids is 1. The van der Waals surface area contributed by atoms with Crippen molar-refractivity contribution in [2.75, 3.05) is 6.61 Å². The average molecular weight is 443 g/mol. The molecule has 0 aliphatic heterocycles. The summed E-state index contributed by atoms with van der Waals surface area (Å²) in [5, 5.41) is 0. The van der Waals surface area contributed by atoms with E-state index in [9.17, 15) is 4.79 Å². The van der Waals surface area contributed by atoms with Crippen LogP contribution in [-0.4, -0.2) is 12.6 Å². The van der Waals surface area contributed by atoms with Gasteiger partial charge in [0.1, 0.15) is 24.7 Å². The highest BCUT2D eigenvalue weighted by Crippen LogP contribution is 2.18. The first kappa shape index (κ1) is 23.9. The standard InChI is InChI=1S/C29H30O4/c1-4-6-23-7-9-24(10-8-23)20-31-27-15-11-25(12-16-27)21-32-28-17-13-26(14-18-28)29(30)33-19-22(3)5-2/h7-18,22H,5,19-21H2,1-3H3. The van der Waals surface area contributed by atoms with Gasteiger partial charge in [-0.3, -0.25) is 0 Å². The lowest BCUT2D eigenvalue weighted by molar-refractivity contribution is 0.0447. The highest BCUT2D eigenvalue weighted by Gasteiger charge is 2.09. The van der Waals surface area contributed by atoms with Crippen LogP contribution in [0.1, 0.15) is 54.2 Å². The van der Waals surface area contributed by atoms with Crippen LogP contribution >= 0.6 is 0 Å². The van der Waals surface area contributed by atoms with Gasteiger partial charge in [-0.2, -0.15) is 0 Å². The monoisotopic (exact) mass is 442 g/mol. The van der Waals surface area contributed by atoms with E-state index in [1.807, 2.05) is 55.5 Å². The number of ether oxygens (including phenoxy) is 3. The van der Waals surface area contributed by atoms with Crippen molar-refractivity contribution >= 4 is 5.97 Å². The predicted molar refractivity (Wildman–Crippen MR) is 130 cm³/mol. The highest BCUT2D eigenvalue weighted by molar-refractivity contribution is 5.89. The van der Waals surface area contributed by atoms with Gasteiger partial charge in [0, 0.05) is 5.56 Å². The van der Waals surface area contributed by atoms with Crippen molar-refractivity contribution in [1.29, 1.82) is 0 Å². The van der Waals surface area contributed by atoms with E-state index in [1.165, 1.54) is 0 Å². The lowest BCUT2D eigenvalue weighted by atomic mass is 10.1. The molecule has 0 aromatic heterocycles. The van der Waals surface area contributed by atoms with Gasteiger partial charge >= 0.3 is 5.97 Å². The summed E-state index contributed by atoms with van der Waals surface area (Å²) >= 11 is 0. The summed E-state index contributed by atoms with van der Waals surface area (Å²) in [6, 6.07) is 22.9. The van der Waals surface area contributed by atoms with Gasteiger partial charge in [-0.05, 0) is 72.5 Å². The smallest absolute Gasteiger partial charge is 0.338 e. The second-order valence-electron chi connectivity index (χ2n) is 7.93. The number of esters is 1. The van der Waals surface area contributed by atoms with Crippen LogP contribution < -0.4 is 9.47 Å². The maximum atomic E-state index is 12.1. The molecule has 4 nitrogen and oxygen atoms in total. The Morgan fingerprint density at radius 1 is 0.818 bits per heavy atom. The molecule has 1 atom stereocenters. The Labute approximate surface area is 196 Å². The van der Waals surface area contributed by atoms with Crippen molar-refractivity contribution in [1.82, 2.24) is 0 Å². The van der Waals surface area contributed by atoms with Crippen LogP contribution in [0.25, 0.3) is 0 Å². The van der Waals surface area contributed by atoms with E-state index in [-0.39, 0.29) is 5.97 Å². The summed E-state index contributed by atoms with van der Waals surface area (Å²) in [5.74, 6) is 7.49. The quantitative estimate of drug-likeness (QED) is 0.268. The van der Waals surface area contributed by atoms with Crippen LogP contribution in [0.5, 0.6) is 11.5 Å². The molecule has 0 fully saturated rings. The van der Waals surface area contributed by atoms with Crippen molar-refractivity contribution in [3.05, 3.63) is 95.1 Å². The minimum absolute atomic E-state index is 0.303. The van der Waals surface area contributed by atoms with Gasteiger partial charge in [0.25, 0.3) is 0 Å². The third kappa shape index (κ3) is 7.73. The van der Waals surface area contributed by atoms with Gasteiger partial charge in [0.15, 0.2) is 0 Å². The Hall–Kier alpha value is -3.71. The fourth-order valence-electron chi connectivity index (χ4n) is 2.95. The number of hydrogen-bond acceptors (Lipinski definition) is 4. The number of carbonyl (C=O) groups is 1. The third-order valence-electron chi connectivity index (χ3n) is 5.24. The number of benzene rings is 3. The van der Waals surface area contributed by atoms with Crippen molar-refractivity contribution < 1.29 is 19.0 Å². The first-order chi connectivity index (χ1) is 16.1. The second-order valence-corrected chi connectivity index (χ2v) is 7.93. The van der Waals surface area contributed by atoms with Crippen molar-refractivity contribution in [2.45, 2.75) is 40.4 Å². The van der Waals surface area contributed by atoms with Crippen LogP contribution in [0.2, 0.25) is 0 Å². The Morgan fingerprint density at radius 2 is 1.33 bits per heavy atom. The van der Waals surface area contributed by atoms with E-state index in [0.717, 1.165) is 28.9 Å². The predicted octanol–water partition coefficient (Wildman–Crippen LogP) is 6.42. The van der Waals surface area contributed by atoms with Crippen LogP contribution in [0.4, 0.5) is 0 Å². The molecule has 3 aromatic rings. The van der Waals surface area contributed by atoms with Gasteiger partial charge in [0.05, 0.1) is 12.2 Å². The van der Waals surface area contributed by atoms with E-state index in [0.29, 0.717) is 37.1 Å². The lowest BCUT2D eigenvalue weighted by Crippen LogP contribution is -2.11. The summed E-state index contributed by atoms with van der Waals surface area (Å²) in [5.41, 5.74) is 3.65. The molecule has 0 bridgehead atoms. The first-order valence-corrected chi connectivity index (χ1v) is 11.2. The second kappa shape index (κ2) is 12.4. The molecule has 0 spiro atoms. The van der Waals surface area contributed by atoms with Gasteiger partial charge in [-0.15, -0.1) is 5.92 Å². The highest BCUT2D eigenvalue weighted by atomic mass is 16.5. The fraction of sp³-hybridized carbons (Fsp3) is 0.276. The van der Waals surface area contributed by atoms with Crippen molar-refractivity contribution in [3.63, 3.8) is 0 Å². The number of rotatable bonds is 10. The summed E-state index contributed by atoms with van der Waals surface area (Å²) < 4.78 is 17.0. The summed E-state index contributed by atoms with van der Waals surface area (Å²) in [6.07, 6.45) is 0.982. The van der Waals surface area contributed by atoms with Crippen LogP contribution in [0.15, 0.2) is 72.8 Å². The summed E-state index contributed by atoms with van der Waals surface area (Å²) in [6.45, 7) is 7.34. The molecule has 1 unspecified atom stereocenters. The van der Waals surface area contributed by atoms with Crippen LogP contribution in [0.3, 0.4) is 0 Å². The Morgan fingerprint density at radius 3 is 1.85 bits per heavy atom. The zero-order chi connectivity index (χ0) is 23.5. The molecule has 0 saturated heterocycles. The van der Waals surface area contributed by atoms with Crippen molar-refractivity contribution in [2.24, 2.45) is 5.92 Å². The molecular weight excluding hydrogens is 412 g/mol. The molecule has 4 heteroatoms. The fourth-order valence-corrected chi connectivity index (χ4v) is 2.95. The molecule has 3 rings (SSSR count). The minimum Gasteiger partial charge on any atom is -0.489 e. The normalized spacial score (nSPS) is 11.1. The molecule has 0 radical (unpaired) electrons. The zero-order valence-electron chi connectivity index (χ0n) is 19.5. The van der Waals surface area contributed by atoms with Gasteiger partial charge in [0.2, 0.25) is 0 Å². The van der Waals surface area contributed by atoms with Gasteiger partial charge in [-0.25, -0.2) is 4.79 Å². The average Bonchev–Trinajstić information content (AvgIpc) is 2.86. The molecule has 0 saturated carbocycles. The van der Waals surface area contributed by atoms with Crippen molar-refractivity contribution in [3.8, 4) is 23.3 Å². The topological polar surface area (TPSA) is 44.8 Å². The van der Waals surface area contributed by atoms with E-state index >= 15 is 0 Å². The minimum atomic E-state index is -0.303. The molecule has 33 heavy (non-hydrogen) atoms. The van der Waals surface area contributed by atoms with E-state index in [2.05, 4.69) is 25.7 Å². The third-order valence-corrected chi connectivity index (χ3v) is 5.24. The molecule has 3 aromatic carbocycles. The van der Waals surface area contributed by atoms with E-state index in [4.69, 9.17) is 14.2 Å². The maximum Gasteiger partial charge on any atom is 0.338 e. The first-order valence-electron chi connectivity index (χ1n) is 11.2. The largest absolute Gasteiger partial charge is 0.489 e. The molecule has 0 N–H and O–H groups in total. The Bertz CT molecular complexity index is 1070. The molecular formula is C29H30O4. The molecule has 0 aliphatic rings. The van der Waals surface area contributed by atoms with Gasteiger partial charge < -0.3 is 14.2 Å². The zero-order valence-corrected chi connectivity index (χ0v) is 19.5. The molecule has 0 aliphatic carbocycles. The van der Waals surface area contributed by atoms with Gasteiger partial charge in [-0.1, -0.05) is 50.5 Å². The molecule has 0 amide bonds. The number of hydrogen-bond donors (Lipinski definition) is 0. The Balaban J connectivity index is 1.45. The molecule has 170 valence electrons. The van der Waals surface area contributed by atoms with E-state index in [1.54, 1.807) is 24.3 Å². The van der Waals surface area contributed by atoms with Crippen LogP contribution in [-0.2, 0) is 18.0 Å². The maximum absolute atomic E-state index is 12.1.